The van der Waals surface area contributed by atoms with Crippen LogP contribution in [0.25, 0.3) is 0 Å². The van der Waals surface area contributed by atoms with E-state index in [-0.39, 0.29) is 0 Å². The molecule has 0 aromatic heterocycles. The third-order valence-electron chi connectivity index (χ3n) is 3.06. The molecule has 0 heterocycles. The van der Waals surface area contributed by atoms with E-state index in [4.69, 9.17) is 0 Å². The van der Waals surface area contributed by atoms with Crippen LogP contribution >= 0.6 is 15.9 Å². The molecular weight excluding hydrogens is 262 g/mol. The SMILES string of the molecule is Fc1ccc(CC2CCCC2Br)c(F)c1. The minimum absolute atomic E-state index is 0.415. The molecule has 0 nitrogen and oxygen atoms in total. The molecule has 1 fully saturated rings. The maximum absolute atomic E-state index is 13.4. The molecule has 0 amide bonds. The maximum atomic E-state index is 13.4. The number of benzene rings is 1. The van der Waals surface area contributed by atoms with Crippen molar-refractivity contribution in [2.45, 2.75) is 30.5 Å². The standard InChI is InChI=1S/C12H13BrF2/c13-11-3-1-2-8(11)6-9-4-5-10(14)7-12(9)15/h4-5,7-8,11H,1-3,6H2. The molecular formula is C12H13BrF2. The Kier molecular flexibility index (Phi) is 3.39. The van der Waals surface area contributed by atoms with Crippen LogP contribution in [0.3, 0.4) is 0 Å². The summed E-state index contributed by atoms with van der Waals surface area (Å²) in [4.78, 5) is 0.488. The second-order valence-electron chi connectivity index (χ2n) is 4.15. The molecule has 0 radical (unpaired) electrons. The van der Waals surface area contributed by atoms with E-state index < -0.39 is 11.6 Å². The van der Waals surface area contributed by atoms with E-state index in [1.165, 1.54) is 12.5 Å². The van der Waals surface area contributed by atoms with Crippen LogP contribution in [0.2, 0.25) is 0 Å². The van der Waals surface area contributed by atoms with Crippen LogP contribution in [0.1, 0.15) is 24.8 Å². The van der Waals surface area contributed by atoms with Crippen molar-refractivity contribution in [3.63, 3.8) is 0 Å². The third-order valence-corrected chi connectivity index (χ3v) is 4.27. The minimum atomic E-state index is -0.502. The summed E-state index contributed by atoms with van der Waals surface area (Å²) < 4.78 is 26.1. The highest BCUT2D eigenvalue weighted by atomic mass is 79.9. The van der Waals surface area contributed by atoms with Gasteiger partial charge in [0.05, 0.1) is 0 Å². The Morgan fingerprint density at radius 1 is 1.27 bits per heavy atom. The number of alkyl halides is 1. The van der Waals surface area contributed by atoms with Crippen molar-refractivity contribution in [3.05, 3.63) is 35.4 Å². The average Bonchev–Trinajstić information content (AvgIpc) is 2.57. The van der Waals surface area contributed by atoms with Gasteiger partial charge >= 0.3 is 0 Å². The highest BCUT2D eigenvalue weighted by Crippen LogP contribution is 2.34. The van der Waals surface area contributed by atoms with Gasteiger partial charge in [-0.25, -0.2) is 8.78 Å². The van der Waals surface area contributed by atoms with Crippen molar-refractivity contribution >= 4 is 15.9 Å². The summed E-state index contributed by atoms with van der Waals surface area (Å²) in [5, 5.41) is 0. The molecule has 2 rings (SSSR count). The van der Waals surface area contributed by atoms with Crippen LogP contribution in [0.5, 0.6) is 0 Å². The Hall–Kier alpha value is -0.440. The van der Waals surface area contributed by atoms with E-state index in [0.717, 1.165) is 18.9 Å². The van der Waals surface area contributed by atoms with Crippen molar-refractivity contribution in [3.8, 4) is 0 Å². The number of rotatable bonds is 2. The number of halogens is 3. The molecule has 3 heteroatoms. The van der Waals surface area contributed by atoms with Gasteiger partial charge in [-0.1, -0.05) is 28.4 Å². The first-order valence-electron chi connectivity index (χ1n) is 5.25. The minimum Gasteiger partial charge on any atom is -0.207 e. The quantitative estimate of drug-likeness (QED) is 0.714. The van der Waals surface area contributed by atoms with E-state index in [1.807, 2.05) is 0 Å². The Morgan fingerprint density at radius 2 is 2.07 bits per heavy atom. The predicted molar refractivity (Wildman–Crippen MR) is 60.1 cm³/mol. The number of hydrogen-bond donors (Lipinski definition) is 0. The Bertz CT molecular complexity index is 351. The lowest BCUT2D eigenvalue weighted by atomic mass is 9.97. The Labute approximate surface area is 96.8 Å². The van der Waals surface area contributed by atoms with E-state index in [0.29, 0.717) is 22.7 Å². The summed E-state index contributed by atoms with van der Waals surface area (Å²) in [5.74, 6) is -0.426. The van der Waals surface area contributed by atoms with Gasteiger partial charge in [-0.15, -0.1) is 0 Å². The molecule has 0 spiro atoms. The lowest BCUT2D eigenvalue weighted by molar-refractivity contribution is 0.523. The van der Waals surface area contributed by atoms with Gasteiger partial charge in [-0.3, -0.25) is 0 Å². The van der Waals surface area contributed by atoms with Crippen LogP contribution < -0.4 is 0 Å². The summed E-state index contributed by atoms with van der Waals surface area (Å²) in [6.45, 7) is 0. The van der Waals surface area contributed by atoms with Crippen LogP contribution in [0, 0.1) is 17.6 Å². The van der Waals surface area contributed by atoms with E-state index >= 15 is 0 Å². The highest BCUT2D eigenvalue weighted by molar-refractivity contribution is 9.09. The molecule has 1 aliphatic rings. The van der Waals surface area contributed by atoms with E-state index in [1.54, 1.807) is 6.07 Å². The second-order valence-corrected chi connectivity index (χ2v) is 5.32. The van der Waals surface area contributed by atoms with Gasteiger partial charge in [-0.2, -0.15) is 0 Å². The molecule has 0 aliphatic heterocycles. The molecule has 0 bridgehead atoms. The first-order valence-corrected chi connectivity index (χ1v) is 6.16. The van der Waals surface area contributed by atoms with Crippen LogP contribution in [-0.4, -0.2) is 4.83 Å². The fraction of sp³-hybridized carbons (Fsp3) is 0.500. The van der Waals surface area contributed by atoms with Gasteiger partial charge < -0.3 is 0 Å². The zero-order valence-electron chi connectivity index (χ0n) is 8.35. The molecule has 1 aromatic rings. The molecule has 2 atom stereocenters. The van der Waals surface area contributed by atoms with Gasteiger partial charge in [0.2, 0.25) is 0 Å². The molecule has 0 N–H and O–H groups in total. The monoisotopic (exact) mass is 274 g/mol. The van der Waals surface area contributed by atoms with Crippen LogP contribution in [0.15, 0.2) is 18.2 Å². The number of hydrogen-bond acceptors (Lipinski definition) is 0. The van der Waals surface area contributed by atoms with E-state index in [9.17, 15) is 8.78 Å². The molecule has 1 saturated carbocycles. The predicted octanol–water partition coefficient (Wildman–Crippen LogP) is 4.07. The largest absolute Gasteiger partial charge is 0.207 e. The molecule has 82 valence electrons. The van der Waals surface area contributed by atoms with Crippen molar-refractivity contribution in [2.24, 2.45) is 5.92 Å². The lowest BCUT2D eigenvalue weighted by Crippen LogP contribution is -2.10. The van der Waals surface area contributed by atoms with Gasteiger partial charge in [0.25, 0.3) is 0 Å². The summed E-state index contributed by atoms with van der Waals surface area (Å²) in [7, 11) is 0. The first kappa shape index (κ1) is 11.1. The summed E-state index contributed by atoms with van der Waals surface area (Å²) >= 11 is 3.60. The zero-order valence-corrected chi connectivity index (χ0v) is 9.94. The topological polar surface area (TPSA) is 0 Å². The third kappa shape index (κ3) is 2.57. The molecule has 2 unspecified atom stereocenters. The first-order chi connectivity index (χ1) is 7.16. The van der Waals surface area contributed by atoms with Gasteiger partial charge in [0.1, 0.15) is 11.6 Å². The summed E-state index contributed by atoms with van der Waals surface area (Å²) in [5.41, 5.74) is 0.632. The van der Waals surface area contributed by atoms with Gasteiger partial charge in [0, 0.05) is 10.9 Å². The average molecular weight is 275 g/mol. The smallest absolute Gasteiger partial charge is 0.129 e. The summed E-state index contributed by atoms with van der Waals surface area (Å²) in [6.07, 6.45) is 4.20. The zero-order chi connectivity index (χ0) is 10.8. The fourth-order valence-electron chi connectivity index (χ4n) is 2.19. The maximum Gasteiger partial charge on any atom is 0.129 e. The van der Waals surface area contributed by atoms with Crippen molar-refractivity contribution < 1.29 is 8.78 Å². The van der Waals surface area contributed by atoms with Crippen LogP contribution in [-0.2, 0) is 6.42 Å². The molecule has 1 aromatic carbocycles. The normalized spacial score (nSPS) is 25.8. The Balaban J connectivity index is 2.10. The fourth-order valence-corrected chi connectivity index (χ4v) is 2.97. The van der Waals surface area contributed by atoms with Crippen molar-refractivity contribution in [1.29, 1.82) is 0 Å². The van der Waals surface area contributed by atoms with E-state index in [2.05, 4.69) is 15.9 Å². The summed E-state index contributed by atoms with van der Waals surface area (Å²) in [6, 6.07) is 3.85. The Morgan fingerprint density at radius 3 is 2.67 bits per heavy atom. The highest BCUT2D eigenvalue weighted by Gasteiger charge is 2.25. The molecule has 1 aliphatic carbocycles. The second kappa shape index (κ2) is 4.60. The van der Waals surface area contributed by atoms with Crippen molar-refractivity contribution in [1.82, 2.24) is 0 Å². The molecule has 0 saturated heterocycles. The van der Waals surface area contributed by atoms with Gasteiger partial charge in [0.15, 0.2) is 0 Å². The lowest BCUT2D eigenvalue weighted by Gasteiger charge is -2.14. The molecule has 15 heavy (non-hydrogen) atoms. The van der Waals surface area contributed by atoms with Crippen molar-refractivity contribution in [2.75, 3.05) is 0 Å². The van der Waals surface area contributed by atoms with Crippen LogP contribution in [0.4, 0.5) is 8.78 Å². The van der Waals surface area contributed by atoms with Gasteiger partial charge in [-0.05, 0) is 36.8 Å².